The van der Waals surface area contributed by atoms with E-state index in [9.17, 15) is 31.2 Å². The monoisotopic (exact) mass is 637 g/mol. The fraction of sp³-hybridized carbons (Fsp3) is 0.875. The predicted molar refractivity (Wildman–Crippen MR) is 154 cm³/mol. The van der Waals surface area contributed by atoms with E-state index in [1.807, 2.05) is 0 Å². The Morgan fingerprint density at radius 1 is 0.750 bits per heavy atom. The van der Waals surface area contributed by atoms with Crippen molar-refractivity contribution in [2.45, 2.75) is 91.9 Å². The molecule has 0 saturated heterocycles. The second-order valence-electron chi connectivity index (χ2n) is 11.2. The average molecular weight is 638 g/mol. The molecular weight excluding hydrogens is 590 g/mol. The molecule has 0 unspecified atom stereocenters. The van der Waals surface area contributed by atoms with Gasteiger partial charge < -0.3 is 19.5 Å². The highest BCUT2D eigenvalue weighted by Crippen LogP contribution is 2.13. The molecule has 0 saturated carbocycles. The lowest BCUT2D eigenvalue weighted by atomic mass is 10.1. The topological polar surface area (TPSA) is 166 Å². The van der Waals surface area contributed by atoms with Crippen LogP contribution in [0.4, 0.5) is 9.59 Å². The molecule has 1 N–H and O–H groups in total. The van der Waals surface area contributed by atoms with E-state index in [0.29, 0.717) is 15.0 Å². The second kappa shape index (κ2) is 16.6. The molecule has 2 amide bonds. The second-order valence-corrected chi connectivity index (χ2v) is 15.8. The van der Waals surface area contributed by atoms with Crippen molar-refractivity contribution in [2.75, 3.05) is 44.6 Å². The minimum atomic E-state index is -3.78. The van der Waals surface area contributed by atoms with Gasteiger partial charge in [0.05, 0.1) is 18.1 Å². The van der Waals surface area contributed by atoms with Gasteiger partial charge in [-0.25, -0.2) is 35.0 Å². The number of ether oxygens (including phenoxy) is 3. The molecule has 0 fully saturated rings. The van der Waals surface area contributed by atoms with Gasteiger partial charge in [-0.05, 0) is 81.7 Å². The third-order valence-electron chi connectivity index (χ3n) is 4.60. The number of carbonyl (C=O) groups excluding carboxylic acids is 3. The highest BCUT2D eigenvalue weighted by Gasteiger charge is 2.30. The predicted octanol–water partition coefficient (Wildman–Crippen LogP) is 3.32. The zero-order valence-electron chi connectivity index (χ0n) is 25.6. The summed E-state index contributed by atoms with van der Waals surface area (Å²) in [5.41, 5.74) is -2.39. The molecule has 238 valence electrons. The Morgan fingerprint density at radius 2 is 1.12 bits per heavy atom. The smallest absolute Gasteiger partial charge is 0.423 e. The first-order chi connectivity index (χ1) is 17.8. The molecule has 0 aliphatic heterocycles. The lowest BCUT2D eigenvalue weighted by molar-refractivity contribution is -0.149. The highest BCUT2D eigenvalue weighted by molar-refractivity contribution is 7.89. The molecule has 0 aromatic heterocycles. The summed E-state index contributed by atoms with van der Waals surface area (Å²) in [6.45, 7) is 15.6. The van der Waals surface area contributed by atoms with Crippen molar-refractivity contribution in [3.05, 3.63) is 0 Å². The van der Waals surface area contributed by atoms with Gasteiger partial charge in [-0.3, -0.25) is 4.79 Å². The van der Waals surface area contributed by atoms with Crippen LogP contribution in [0.25, 0.3) is 0 Å². The van der Waals surface area contributed by atoms with Gasteiger partial charge in [-0.2, -0.15) is 0 Å². The number of alkyl halides is 1. The van der Waals surface area contributed by atoms with E-state index < -0.39 is 54.9 Å². The third kappa shape index (κ3) is 17.1. The Morgan fingerprint density at radius 3 is 1.45 bits per heavy atom. The van der Waals surface area contributed by atoms with E-state index in [0.717, 1.165) is 0 Å². The van der Waals surface area contributed by atoms with Gasteiger partial charge in [0.1, 0.15) is 16.7 Å². The third-order valence-corrected chi connectivity index (χ3v) is 8.45. The maximum atomic E-state index is 12.1. The molecule has 40 heavy (non-hydrogen) atoms. The Labute approximate surface area is 245 Å². The number of hydrogen-bond donors (Lipinski definition) is 1. The highest BCUT2D eigenvalue weighted by atomic mass is 35.5. The number of carbonyl (C=O) groups is 3. The fourth-order valence-corrected chi connectivity index (χ4v) is 4.82. The maximum Gasteiger partial charge on any atom is 0.423 e. The summed E-state index contributed by atoms with van der Waals surface area (Å²) < 4.78 is 63.5. The van der Waals surface area contributed by atoms with Crippen LogP contribution in [0.1, 0.15) is 75.2 Å². The molecule has 0 rings (SSSR count). The van der Waals surface area contributed by atoms with E-state index >= 15 is 0 Å². The average Bonchev–Trinajstić information content (AvgIpc) is 2.77. The molecule has 0 aromatic carbocycles. The van der Waals surface area contributed by atoms with Crippen molar-refractivity contribution in [3.8, 4) is 0 Å². The Bertz CT molecular complexity index is 1030. The van der Waals surface area contributed by atoms with Crippen LogP contribution in [0.2, 0.25) is 0 Å². The summed E-state index contributed by atoms with van der Waals surface area (Å²) in [4.78, 5) is 35.0. The zero-order valence-corrected chi connectivity index (χ0v) is 28.0. The summed E-state index contributed by atoms with van der Waals surface area (Å²) in [6, 6.07) is 0. The summed E-state index contributed by atoms with van der Waals surface area (Å²) in [5, 5.41) is 2.95. The molecule has 13 nitrogen and oxygen atoms in total. The number of halogens is 1. The van der Waals surface area contributed by atoms with Crippen LogP contribution < -0.4 is 5.32 Å². The Balaban J connectivity index is 0. The molecule has 0 spiro atoms. The van der Waals surface area contributed by atoms with Crippen molar-refractivity contribution in [1.82, 2.24) is 13.9 Å². The number of nitrogens with zero attached hydrogens (tertiary/aromatic N) is 2. The van der Waals surface area contributed by atoms with E-state index in [2.05, 4.69) is 5.32 Å². The molecule has 0 aliphatic carbocycles. The van der Waals surface area contributed by atoms with Gasteiger partial charge in [-0.15, -0.1) is 11.6 Å². The van der Waals surface area contributed by atoms with E-state index in [1.165, 1.54) is 14.1 Å². The van der Waals surface area contributed by atoms with Crippen molar-refractivity contribution in [1.29, 1.82) is 0 Å². The van der Waals surface area contributed by atoms with Crippen molar-refractivity contribution in [2.24, 2.45) is 0 Å². The number of nitrogens with one attached hydrogen (secondary N) is 1. The lowest BCUT2D eigenvalue weighted by Gasteiger charge is -2.25. The van der Waals surface area contributed by atoms with E-state index in [1.54, 1.807) is 62.3 Å². The lowest BCUT2D eigenvalue weighted by Crippen LogP contribution is -2.48. The Hall–Kier alpha value is -1.84. The molecule has 0 aliphatic rings. The van der Waals surface area contributed by atoms with Crippen LogP contribution in [0.15, 0.2) is 0 Å². The maximum absolute atomic E-state index is 12.1. The molecule has 16 heteroatoms. The number of esters is 1. The normalized spacial score (nSPS) is 12.5. The molecule has 0 bridgehead atoms. The molecular formula is C24H48ClN3O10S2. The first-order valence-corrected chi connectivity index (χ1v) is 16.5. The first kappa shape index (κ1) is 40.3. The Kier molecular flexibility index (Phi) is 16.7. The summed E-state index contributed by atoms with van der Waals surface area (Å²) in [7, 11) is -5.05. The van der Waals surface area contributed by atoms with Gasteiger partial charge in [0, 0.05) is 20.0 Å². The SMILES string of the molecule is CCOC(=O)C(C)(C)NCCCS(=O)(=O)N(C)C(=O)OC(C)(C)C.CN(C(=O)OC(C)(C)C)S(=O)(=O)CCCCl. The van der Waals surface area contributed by atoms with Crippen LogP contribution in [0.3, 0.4) is 0 Å². The summed E-state index contributed by atoms with van der Waals surface area (Å²) >= 11 is 5.40. The van der Waals surface area contributed by atoms with Crippen molar-refractivity contribution < 1.29 is 45.4 Å². The van der Waals surface area contributed by atoms with Crippen LogP contribution in [0, 0.1) is 0 Å². The molecule has 0 atom stereocenters. The summed E-state index contributed by atoms with van der Waals surface area (Å²) in [5.74, 6) is -0.568. The minimum Gasteiger partial charge on any atom is -0.465 e. The van der Waals surface area contributed by atoms with Gasteiger partial charge in [0.15, 0.2) is 0 Å². The number of sulfonamides is 2. The first-order valence-electron chi connectivity index (χ1n) is 12.7. The zero-order chi connectivity index (χ0) is 32.2. The standard InChI is InChI=1S/C15H30N2O6S.C9H18ClNO4S/c1-8-22-12(18)15(5,6)16-10-9-11-24(20,21)17(7)13(19)23-14(2,3)4;1-9(2,3)15-8(12)11(4)16(13,14)7-5-6-10/h16H,8-11H2,1-7H3;5-7H2,1-4H3. The van der Waals surface area contributed by atoms with E-state index in [-0.39, 0.29) is 37.0 Å². The van der Waals surface area contributed by atoms with Crippen molar-refractivity contribution >= 4 is 49.8 Å². The molecule has 0 aromatic rings. The minimum absolute atomic E-state index is 0.160. The van der Waals surface area contributed by atoms with Crippen molar-refractivity contribution in [3.63, 3.8) is 0 Å². The van der Waals surface area contributed by atoms with Crippen LogP contribution in [-0.2, 0) is 39.1 Å². The van der Waals surface area contributed by atoms with Gasteiger partial charge in [-0.1, -0.05) is 0 Å². The van der Waals surface area contributed by atoms with Gasteiger partial charge in [0.2, 0.25) is 20.0 Å². The number of amides is 2. The number of rotatable bonds is 12. The van der Waals surface area contributed by atoms with Crippen LogP contribution in [-0.4, -0.2) is 105 Å². The summed E-state index contributed by atoms with van der Waals surface area (Å²) in [6.07, 6.45) is -1.25. The van der Waals surface area contributed by atoms with Crippen LogP contribution >= 0.6 is 11.6 Å². The number of hydrogen-bond acceptors (Lipinski definition) is 11. The molecule has 0 heterocycles. The van der Waals surface area contributed by atoms with E-state index in [4.69, 9.17) is 25.8 Å². The van der Waals surface area contributed by atoms with Crippen LogP contribution in [0.5, 0.6) is 0 Å². The quantitative estimate of drug-likeness (QED) is 0.144. The largest absolute Gasteiger partial charge is 0.465 e. The molecule has 0 radical (unpaired) electrons. The fourth-order valence-electron chi connectivity index (χ4n) is 2.43. The van der Waals surface area contributed by atoms with Gasteiger partial charge >= 0.3 is 18.2 Å². The van der Waals surface area contributed by atoms with Gasteiger partial charge in [0.25, 0.3) is 0 Å².